The zero-order chi connectivity index (χ0) is 20.1. The van der Waals surface area contributed by atoms with Crippen molar-refractivity contribution >= 4 is 17.5 Å². The molecule has 0 spiro atoms. The van der Waals surface area contributed by atoms with Crippen LogP contribution >= 0.6 is 0 Å². The summed E-state index contributed by atoms with van der Waals surface area (Å²) in [5.74, 6) is -0.110. The van der Waals surface area contributed by atoms with Crippen molar-refractivity contribution in [2.75, 3.05) is 11.9 Å². The quantitative estimate of drug-likeness (QED) is 0.711. The molecule has 2 N–H and O–H groups in total. The molecule has 150 valence electrons. The molecule has 1 aliphatic rings. The summed E-state index contributed by atoms with van der Waals surface area (Å²) in [6.45, 7) is 7.49. The number of anilines is 1. The lowest BCUT2D eigenvalue weighted by Gasteiger charge is -2.17. The molecule has 0 aliphatic carbocycles. The van der Waals surface area contributed by atoms with Crippen LogP contribution in [0.15, 0.2) is 18.2 Å². The van der Waals surface area contributed by atoms with E-state index in [2.05, 4.69) is 22.5 Å². The first kappa shape index (κ1) is 20.1. The van der Waals surface area contributed by atoms with Crippen molar-refractivity contribution < 1.29 is 9.59 Å². The van der Waals surface area contributed by atoms with Crippen molar-refractivity contribution in [2.24, 2.45) is 0 Å². The summed E-state index contributed by atoms with van der Waals surface area (Å²) in [6.07, 6.45) is 5.94. The number of fused-ring (bicyclic) bond motifs is 1. The van der Waals surface area contributed by atoms with Crippen LogP contribution in [0.1, 0.15) is 77.0 Å². The molecule has 0 radical (unpaired) electrons. The summed E-state index contributed by atoms with van der Waals surface area (Å²) in [7, 11) is 0. The minimum absolute atomic E-state index is 0.174. The van der Waals surface area contributed by atoms with E-state index in [0.717, 1.165) is 67.6 Å². The Hall–Kier alpha value is -2.63. The highest BCUT2D eigenvalue weighted by Crippen LogP contribution is 2.23. The molecule has 0 saturated carbocycles. The molecule has 0 unspecified atom stereocenters. The van der Waals surface area contributed by atoms with Gasteiger partial charge in [-0.05, 0) is 51.2 Å². The highest BCUT2D eigenvalue weighted by atomic mass is 16.2. The number of hydrogen-bond donors (Lipinski definition) is 2. The van der Waals surface area contributed by atoms with Crippen LogP contribution in [-0.2, 0) is 13.0 Å². The second kappa shape index (κ2) is 9.04. The lowest BCUT2D eigenvalue weighted by atomic mass is 10.1. The average molecular weight is 383 g/mol. The Morgan fingerprint density at radius 3 is 2.71 bits per heavy atom. The van der Waals surface area contributed by atoms with E-state index in [4.69, 9.17) is 0 Å². The molecule has 28 heavy (non-hydrogen) atoms. The maximum absolute atomic E-state index is 12.9. The van der Waals surface area contributed by atoms with Gasteiger partial charge in [0.2, 0.25) is 0 Å². The fourth-order valence-corrected chi connectivity index (χ4v) is 3.69. The molecule has 3 rings (SSSR count). The number of aryl methyl sites for hydroxylation is 2. The topological polar surface area (TPSA) is 76.0 Å². The molecule has 1 aliphatic heterocycles. The molecular formula is C22H30N4O2. The third kappa shape index (κ3) is 4.43. The van der Waals surface area contributed by atoms with Gasteiger partial charge in [-0.2, -0.15) is 0 Å². The van der Waals surface area contributed by atoms with Gasteiger partial charge in [-0.1, -0.05) is 37.5 Å². The van der Waals surface area contributed by atoms with Crippen LogP contribution < -0.4 is 10.6 Å². The van der Waals surface area contributed by atoms with Crippen molar-refractivity contribution in [1.82, 2.24) is 14.9 Å². The van der Waals surface area contributed by atoms with Crippen molar-refractivity contribution in [1.29, 1.82) is 0 Å². The number of nitrogens with zero attached hydrogens (tertiary/aromatic N) is 2. The second-order valence-corrected chi connectivity index (χ2v) is 7.57. The first-order valence-electron chi connectivity index (χ1n) is 10.3. The van der Waals surface area contributed by atoms with Gasteiger partial charge in [0.1, 0.15) is 5.69 Å². The molecule has 0 bridgehead atoms. The Balaban J connectivity index is 1.81. The largest absolute Gasteiger partial charge is 0.351 e. The van der Waals surface area contributed by atoms with E-state index in [1.807, 2.05) is 36.6 Å². The van der Waals surface area contributed by atoms with E-state index in [1.165, 1.54) is 0 Å². The first-order chi connectivity index (χ1) is 13.5. The molecule has 0 saturated heterocycles. The Bertz CT molecular complexity index is 870. The summed E-state index contributed by atoms with van der Waals surface area (Å²) >= 11 is 0. The molecule has 6 nitrogen and oxygen atoms in total. The van der Waals surface area contributed by atoms with Gasteiger partial charge in [-0.3, -0.25) is 9.59 Å². The molecule has 2 aromatic rings. The van der Waals surface area contributed by atoms with Crippen LogP contribution in [0.2, 0.25) is 0 Å². The number of aromatic nitrogens is 2. The number of hydrogen-bond acceptors (Lipinski definition) is 3. The molecule has 0 fully saturated rings. The maximum atomic E-state index is 12.9. The number of carbonyl (C=O) groups excluding carboxylic acids is 2. The van der Waals surface area contributed by atoms with Gasteiger partial charge in [0.25, 0.3) is 11.8 Å². The van der Waals surface area contributed by atoms with E-state index >= 15 is 0 Å². The number of nitrogens with one attached hydrogen (secondary N) is 2. The van der Waals surface area contributed by atoms with Crippen LogP contribution in [-0.4, -0.2) is 27.9 Å². The lowest BCUT2D eigenvalue weighted by Crippen LogP contribution is -2.26. The van der Waals surface area contributed by atoms with E-state index in [9.17, 15) is 9.59 Å². The summed E-state index contributed by atoms with van der Waals surface area (Å²) in [4.78, 5) is 30.1. The standard InChI is InChI=1S/C22H30N4O2/c1-4-5-7-12-23-21(27)19-18-9-6-8-13-26(18)20(25-19)22(28)24-17-11-10-15(2)14-16(17)3/h10-11,14H,4-9,12-13H2,1-3H3,(H,23,27)(H,24,28). The smallest absolute Gasteiger partial charge is 0.291 e. The van der Waals surface area contributed by atoms with Crippen molar-refractivity contribution in [3.8, 4) is 0 Å². The highest BCUT2D eigenvalue weighted by Gasteiger charge is 2.27. The van der Waals surface area contributed by atoms with Gasteiger partial charge in [0.05, 0.1) is 5.69 Å². The van der Waals surface area contributed by atoms with E-state index in [0.29, 0.717) is 18.1 Å². The van der Waals surface area contributed by atoms with Crippen molar-refractivity contribution in [3.63, 3.8) is 0 Å². The van der Waals surface area contributed by atoms with Crippen LogP contribution in [0, 0.1) is 13.8 Å². The van der Waals surface area contributed by atoms with Gasteiger partial charge in [-0.15, -0.1) is 0 Å². The third-order valence-corrected chi connectivity index (χ3v) is 5.23. The van der Waals surface area contributed by atoms with E-state index < -0.39 is 0 Å². The average Bonchev–Trinajstić information content (AvgIpc) is 3.07. The molecule has 1 aromatic heterocycles. The number of carbonyl (C=O) groups is 2. The predicted molar refractivity (Wildman–Crippen MR) is 111 cm³/mol. The minimum Gasteiger partial charge on any atom is -0.351 e. The number of imidazole rings is 1. The zero-order valence-corrected chi connectivity index (χ0v) is 17.1. The predicted octanol–water partition coefficient (Wildman–Crippen LogP) is 4.01. The van der Waals surface area contributed by atoms with Gasteiger partial charge in [0.15, 0.2) is 5.82 Å². The van der Waals surface area contributed by atoms with E-state index in [-0.39, 0.29) is 11.8 Å². The Kier molecular flexibility index (Phi) is 6.49. The minimum atomic E-state index is -0.264. The SMILES string of the molecule is CCCCCNC(=O)c1nc(C(=O)Nc2ccc(C)cc2C)n2c1CCCC2. The molecule has 2 heterocycles. The van der Waals surface area contributed by atoms with Gasteiger partial charge < -0.3 is 15.2 Å². The molecular weight excluding hydrogens is 352 g/mol. The van der Waals surface area contributed by atoms with Crippen LogP contribution in [0.25, 0.3) is 0 Å². The fraction of sp³-hybridized carbons (Fsp3) is 0.500. The van der Waals surface area contributed by atoms with Crippen LogP contribution in [0.4, 0.5) is 5.69 Å². The number of benzene rings is 1. The van der Waals surface area contributed by atoms with Crippen LogP contribution in [0.3, 0.4) is 0 Å². The summed E-state index contributed by atoms with van der Waals surface area (Å²) < 4.78 is 1.92. The maximum Gasteiger partial charge on any atom is 0.291 e. The number of unbranched alkanes of at least 4 members (excludes halogenated alkanes) is 2. The fourth-order valence-electron chi connectivity index (χ4n) is 3.69. The molecule has 0 atom stereocenters. The molecule has 1 aromatic carbocycles. The lowest BCUT2D eigenvalue weighted by molar-refractivity contribution is 0.0947. The Labute approximate surface area is 166 Å². The summed E-state index contributed by atoms with van der Waals surface area (Å²) in [6, 6.07) is 5.91. The summed E-state index contributed by atoms with van der Waals surface area (Å²) in [5, 5.41) is 5.92. The number of rotatable bonds is 7. The van der Waals surface area contributed by atoms with E-state index in [1.54, 1.807) is 0 Å². The normalized spacial score (nSPS) is 13.1. The van der Waals surface area contributed by atoms with Crippen molar-refractivity contribution in [3.05, 3.63) is 46.5 Å². The Morgan fingerprint density at radius 1 is 1.14 bits per heavy atom. The first-order valence-corrected chi connectivity index (χ1v) is 10.3. The summed E-state index contributed by atoms with van der Waals surface area (Å²) in [5.41, 5.74) is 4.21. The monoisotopic (exact) mass is 382 g/mol. The highest BCUT2D eigenvalue weighted by molar-refractivity contribution is 6.04. The van der Waals surface area contributed by atoms with Crippen molar-refractivity contribution in [2.45, 2.75) is 65.8 Å². The van der Waals surface area contributed by atoms with Gasteiger partial charge >= 0.3 is 0 Å². The van der Waals surface area contributed by atoms with Gasteiger partial charge in [-0.25, -0.2) is 4.98 Å². The second-order valence-electron chi connectivity index (χ2n) is 7.57. The number of amides is 2. The van der Waals surface area contributed by atoms with Gasteiger partial charge in [0, 0.05) is 18.8 Å². The zero-order valence-electron chi connectivity index (χ0n) is 17.1. The molecule has 2 amide bonds. The molecule has 6 heteroatoms. The Morgan fingerprint density at radius 2 is 1.96 bits per heavy atom. The third-order valence-electron chi connectivity index (χ3n) is 5.23. The van der Waals surface area contributed by atoms with Crippen LogP contribution in [0.5, 0.6) is 0 Å².